The van der Waals surface area contributed by atoms with Gasteiger partial charge in [-0.05, 0) is 12.5 Å². The largest absolute Gasteiger partial charge is 0.479 e. The number of nitrogens with one attached hydrogen (secondary N) is 1. The Morgan fingerprint density at radius 3 is 2.25 bits per heavy atom. The van der Waals surface area contributed by atoms with Crippen LogP contribution < -0.4 is 5.32 Å². The van der Waals surface area contributed by atoms with Crippen LogP contribution in [0.3, 0.4) is 0 Å². The first-order valence-corrected chi connectivity index (χ1v) is 6.59. The zero-order valence-electron chi connectivity index (χ0n) is 10.4. The number of carbonyl (C=O) groups is 2. The Morgan fingerprint density at radius 2 is 1.80 bits per heavy atom. The van der Waals surface area contributed by atoms with E-state index in [-0.39, 0.29) is 0 Å². The van der Waals surface area contributed by atoms with Gasteiger partial charge in [-0.25, -0.2) is 9.59 Å². The predicted octanol–water partition coefficient (Wildman–Crippen LogP) is 3.08. The highest BCUT2D eigenvalue weighted by Gasteiger charge is 2.37. The molecular weight excluding hydrogens is 328 g/mol. The minimum atomic E-state index is -1.76. The van der Waals surface area contributed by atoms with Crippen LogP contribution in [-0.4, -0.2) is 27.6 Å². The molecular formula is C12H12Cl3NO4. The Balaban J connectivity index is 2.83. The molecule has 0 radical (unpaired) electrons. The van der Waals surface area contributed by atoms with Crippen LogP contribution in [0.5, 0.6) is 0 Å². The SMILES string of the molecule is C[C@@](NC(=O)OCC(Cl)(Cl)Cl)(C(=O)O)c1ccccc1. The van der Waals surface area contributed by atoms with Crippen molar-refractivity contribution >= 4 is 46.9 Å². The highest BCUT2D eigenvalue weighted by atomic mass is 35.6. The lowest BCUT2D eigenvalue weighted by Crippen LogP contribution is -2.50. The number of hydrogen-bond acceptors (Lipinski definition) is 3. The number of aliphatic carboxylic acids is 1. The normalized spacial score (nSPS) is 14.2. The van der Waals surface area contributed by atoms with Crippen LogP contribution in [0, 0.1) is 0 Å². The molecule has 0 saturated carbocycles. The van der Waals surface area contributed by atoms with E-state index in [2.05, 4.69) is 10.1 Å². The van der Waals surface area contributed by atoms with Crippen LogP contribution in [-0.2, 0) is 15.1 Å². The van der Waals surface area contributed by atoms with E-state index < -0.39 is 28.0 Å². The highest BCUT2D eigenvalue weighted by Crippen LogP contribution is 2.26. The van der Waals surface area contributed by atoms with Gasteiger partial charge in [-0.15, -0.1) is 0 Å². The first kappa shape index (κ1) is 16.9. The average molecular weight is 341 g/mol. The molecule has 1 amide bonds. The molecule has 0 aliphatic rings. The van der Waals surface area contributed by atoms with Crippen LogP contribution in [0.4, 0.5) is 4.79 Å². The molecule has 110 valence electrons. The van der Waals surface area contributed by atoms with Crippen LogP contribution in [0.1, 0.15) is 12.5 Å². The number of carboxylic acid groups (broad SMARTS) is 1. The third-order valence-electron chi connectivity index (χ3n) is 2.50. The van der Waals surface area contributed by atoms with Crippen molar-refractivity contribution in [3.8, 4) is 0 Å². The third kappa shape index (κ3) is 4.74. The van der Waals surface area contributed by atoms with Gasteiger partial charge in [0.2, 0.25) is 3.79 Å². The van der Waals surface area contributed by atoms with E-state index in [1.165, 1.54) is 6.92 Å². The maximum atomic E-state index is 11.6. The summed E-state index contributed by atoms with van der Waals surface area (Å²) in [6, 6.07) is 8.19. The lowest BCUT2D eigenvalue weighted by molar-refractivity contribution is -0.144. The summed E-state index contributed by atoms with van der Waals surface area (Å²) in [5.41, 5.74) is -1.26. The molecule has 1 rings (SSSR count). The molecule has 20 heavy (non-hydrogen) atoms. The Kier molecular flexibility index (Phi) is 5.50. The number of hydrogen-bond donors (Lipinski definition) is 2. The van der Waals surface area contributed by atoms with Crippen molar-refractivity contribution in [2.75, 3.05) is 6.61 Å². The number of benzene rings is 1. The van der Waals surface area contributed by atoms with Crippen LogP contribution >= 0.6 is 34.8 Å². The maximum Gasteiger partial charge on any atom is 0.408 e. The standard InChI is InChI=1S/C12H12Cl3NO4/c1-11(9(17)18,8-5-3-2-4-6-8)16-10(19)20-7-12(13,14)15/h2-6H,7H2,1H3,(H,16,19)(H,17,18)/t11-/m0/s1. The van der Waals surface area contributed by atoms with Gasteiger partial charge < -0.3 is 15.2 Å². The summed E-state index contributed by atoms with van der Waals surface area (Å²) in [6.45, 7) is 0.843. The fraction of sp³-hybridized carbons (Fsp3) is 0.333. The number of alkyl carbamates (subject to hydrolysis) is 1. The molecule has 0 spiro atoms. The van der Waals surface area contributed by atoms with Gasteiger partial charge in [0.25, 0.3) is 0 Å². The lowest BCUT2D eigenvalue weighted by Gasteiger charge is -2.26. The van der Waals surface area contributed by atoms with Gasteiger partial charge in [-0.2, -0.15) is 0 Å². The van der Waals surface area contributed by atoms with Crippen molar-refractivity contribution < 1.29 is 19.4 Å². The number of amides is 1. The summed E-state index contributed by atoms with van der Waals surface area (Å²) in [7, 11) is 0. The van der Waals surface area contributed by atoms with Crippen LogP contribution in [0.2, 0.25) is 0 Å². The summed E-state index contributed by atoms with van der Waals surface area (Å²) < 4.78 is 2.90. The van der Waals surface area contributed by atoms with Crippen molar-refractivity contribution in [3.05, 3.63) is 35.9 Å². The van der Waals surface area contributed by atoms with Gasteiger partial charge >= 0.3 is 12.1 Å². The molecule has 0 heterocycles. The number of rotatable bonds is 4. The van der Waals surface area contributed by atoms with Gasteiger partial charge in [-0.1, -0.05) is 65.1 Å². The topological polar surface area (TPSA) is 75.6 Å². The molecule has 8 heteroatoms. The molecule has 1 atom stereocenters. The number of carboxylic acids is 1. The zero-order valence-corrected chi connectivity index (χ0v) is 12.7. The third-order valence-corrected chi connectivity index (χ3v) is 2.83. The Bertz CT molecular complexity index is 489. The van der Waals surface area contributed by atoms with E-state index in [0.717, 1.165) is 0 Å². The summed E-state index contributed by atoms with van der Waals surface area (Å²) in [4.78, 5) is 23.0. The van der Waals surface area contributed by atoms with E-state index in [4.69, 9.17) is 34.8 Å². The first-order chi connectivity index (χ1) is 9.15. The maximum absolute atomic E-state index is 11.6. The minimum Gasteiger partial charge on any atom is -0.479 e. The second kappa shape index (κ2) is 6.52. The van der Waals surface area contributed by atoms with E-state index >= 15 is 0 Å². The van der Waals surface area contributed by atoms with Crippen molar-refractivity contribution in [3.63, 3.8) is 0 Å². The molecule has 0 fully saturated rings. The summed E-state index contributed by atoms with van der Waals surface area (Å²) in [5, 5.41) is 11.6. The van der Waals surface area contributed by atoms with Crippen molar-refractivity contribution in [1.82, 2.24) is 5.32 Å². The second-order valence-corrected chi connectivity index (χ2v) is 6.63. The predicted molar refractivity (Wildman–Crippen MR) is 76.2 cm³/mol. The Labute approximate surface area is 130 Å². The summed E-state index contributed by atoms with van der Waals surface area (Å²) in [5.74, 6) is -1.24. The molecule has 0 saturated heterocycles. The quantitative estimate of drug-likeness (QED) is 0.826. The van der Waals surface area contributed by atoms with Crippen LogP contribution in [0.15, 0.2) is 30.3 Å². The minimum absolute atomic E-state index is 0.387. The van der Waals surface area contributed by atoms with Crippen molar-refractivity contribution in [2.45, 2.75) is 16.3 Å². The van der Waals surface area contributed by atoms with Gasteiger partial charge in [0.15, 0.2) is 5.54 Å². The van der Waals surface area contributed by atoms with Crippen LogP contribution in [0.25, 0.3) is 0 Å². The molecule has 0 aromatic heterocycles. The number of halogens is 3. The van der Waals surface area contributed by atoms with E-state index in [1.807, 2.05) is 0 Å². The Hall–Kier alpha value is -1.17. The highest BCUT2D eigenvalue weighted by molar-refractivity contribution is 6.67. The van der Waals surface area contributed by atoms with Gasteiger partial charge in [0.05, 0.1) is 0 Å². The number of carbonyl (C=O) groups excluding carboxylic acids is 1. The summed E-state index contributed by atoms with van der Waals surface area (Å²) in [6.07, 6.45) is -0.995. The van der Waals surface area contributed by atoms with Gasteiger partial charge in [0.1, 0.15) is 6.61 Å². The second-order valence-electron chi connectivity index (χ2n) is 4.11. The molecule has 0 bridgehead atoms. The number of ether oxygens (including phenoxy) is 1. The molecule has 0 aliphatic carbocycles. The molecule has 0 unspecified atom stereocenters. The lowest BCUT2D eigenvalue weighted by atomic mass is 9.92. The fourth-order valence-electron chi connectivity index (χ4n) is 1.41. The fourth-order valence-corrected chi connectivity index (χ4v) is 1.57. The smallest absolute Gasteiger partial charge is 0.408 e. The zero-order chi connectivity index (χ0) is 15.4. The Morgan fingerprint density at radius 1 is 1.25 bits per heavy atom. The summed E-state index contributed by atoms with van der Waals surface area (Å²) >= 11 is 16.3. The van der Waals surface area contributed by atoms with Crippen molar-refractivity contribution in [2.24, 2.45) is 0 Å². The van der Waals surface area contributed by atoms with E-state index in [0.29, 0.717) is 5.56 Å². The first-order valence-electron chi connectivity index (χ1n) is 5.46. The monoisotopic (exact) mass is 339 g/mol. The molecule has 1 aromatic carbocycles. The average Bonchev–Trinajstić information content (AvgIpc) is 2.36. The molecule has 2 N–H and O–H groups in total. The molecule has 1 aromatic rings. The van der Waals surface area contributed by atoms with Crippen molar-refractivity contribution in [1.29, 1.82) is 0 Å². The van der Waals surface area contributed by atoms with E-state index in [1.54, 1.807) is 30.3 Å². The van der Waals surface area contributed by atoms with Gasteiger partial charge in [-0.3, -0.25) is 0 Å². The molecule has 5 nitrogen and oxygen atoms in total. The molecule has 0 aliphatic heterocycles. The number of alkyl halides is 3. The van der Waals surface area contributed by atoms with Gasteiger partial charge in [0, 0.05) is 0 Å². The van der Waals surface area contributed by atoms with E-state index in [9.17, 15) is 14.7 Å².